The van der Waals surface area contributed by atoms with Crippen LogP contribution >= 0.6 is 11.8 Å². The van der Waals surface area contributed by atoms with E-state index >= 15 is 0 Å². The molecule has 0 unspecified atom stereocenters. The van der Waals surface area contributed by atoms with E-state index in [1.807, 2.05) is 32.0 Å². The molecular weight excluding hydrogens is 377 g/mol. The maximum absolute atomic E-state index is 13.4. The number of benzene rings is 2. The van der Waals surface area contributed by atoms with Crippen molar-refractivity contribution in [1.29, 1.82) is 0 Å². The summed E-state index contributed by atoms with van der Waals surface area (Å²) in [7, 11) is 0. The Kier molecular flexibility index (Phi) is 5.13. The highest BCUT2D eigenvalue weighted by atomic mass is 32.2. The summed E-state index contributed by atoms with van der Waals surface area (Å²) in [6.07, 6.45) is 1.99. The summed E-state index contributed by atoms with van der Waals surface area (Å²) in [6, 6.07) is 12.2. The van der Waals surface area contributed by atoms with Crippen LogP contribution in [0, 0.1) is 19.7 Å². The zero-order valence-corrected chi connectivity index (χ0v) is 16.4. The van der Waals surface area contributed by atoms with Gasteiger partial charge in [-0.3, -0.25) is 4.79 Å². The summed E-state index contributed by atoms with van der Waals surface area (Å²) in [5.74, 6) is -0.453. The van der Waals surface area contributed by atoms with Crippen molar-refractivity contribution < 1.29 is 9.18 Å². The van der Waals surface area contributed by atoms with Gasteiger partial charge in [0.25, 0.3) is 0 Å². The van der Waals surface area contributed by atoms with Crippen molar-refractivity contribution in [2.75, 3.05) is 0 Å². The number of carbonyl (C=O) groups excluding carboxylic acids is 1. The van der Waals surface area contributed by atoms with Gasteiger partial charge in [0.1, 0.15) is 11.1 Å². The molecule has 0 aliphatic heterocycles. The Morgan fingerprint density at radius 3 is 2.50 bits per heavy atom. The van der Waals surface area contributed by atoms with E-state index in [9.17, 15) is 9.18 Å². The molecule has 1 fully saturated rings. The lowest BCUT2D eigenvalue weighted by atomic mass is 10.1. The van der Waals surface area contributed by atoms with Gasteiger partial charge < -0.3 is 5.32 Å². The lowest BCUT2D eigenvalue weighted by Gasteiger charge is -2.17. The summed E-state index contributed by atoms with van der Waals surface area (Å²) in [5.41, 5.74) is 3.68. The molecule has 0 saturated heterocycles. The number of aromatic nitrogens is 4. The molecule has 1 amide bonds. The van der Waals surface area contributed by atoms with Crippen LogP contribution in [0.5, 0.6) is 0 Å². The lowest BCUT2D eigenvalue weighted by Crippen LogP contribution is -2.30. The van der Waals surface area contributed by atoms with Crippen molar-refractivity contribution >= 4 is 17.7 Å². The largest absolute Gasteiger partial charge is 0.352 e. The van der Waals surface area contributed by atoms with Crippen LogP contribution in [0.15, 0.2) is 47.6 Å². The number of nitrogens with one attached hydrogen (secondary N) is 1. The zero-order chi connectivity index (χ0) is 19.7. The summed E-state index contributed by atoms with van der Waals surface area (Å²) in [4.78, 5) is 12.9. The first-order valence-corrected chi connectivity index (χ1v) is 9.98. The van der Waals surface area contributed by atoms with Crippen LogP contribution in [0.1, 0.15) is 34.8 Å². The van der Waals surface area contributed by atoms with E-state index in [1.165, 1.54) is 23.9 Å². The molecule has 1 aromatic heterocycles. The number of rotatable bonds is 6. The van der Waals surface area contributed by atoms with Crippen molar-refractivity contribution in [3.05, 3.63) is 65.0 Å². The number of hydrogen-bond donors (Lipinski definition) is 1. The Bertz CT molecular complexity index is 980. The smallest absolute Gasteiger partial charge is 0.238 e. The molecule has 0 spiro atoms. The van der Waals surface area contributed by atoms with E-state index in [4.69, 9.17) is 0 Å². The van der Waals surface area contributed by atoms with Gasteiger partial charge in [0.15, 0.2) is 0 Å². The lowest BCUT2D eigenvalue weighted by molar-refractivity contribution is -0.120. The molecule has 0 bridgehead atoms. The Balaban J connectivity index is 1.69. The highest BCUT2D eigenvalue weighted by Crippen LogP contribution is 2.36. The number of thioether (sulfide) groups is 1. The third-order valence-electron chi connectivity index (χ3n) is 4.65. The molecule has 0 radical (unpaired) electrons. The number of aryl methyl sites for hydroxylation is 2. The molecule has 2 aromatic carbocycles. The van der Waals surface area contributed by atoms with Gasteiger partial charge in [-0.15, -0.1) is 5.10 Å². The molecule has 4 rings (SSSR count). The number of amides is 1. The van der Waals surface area contributed by atoms with Crippen LogP contribution in [-0.2, 0) is 4.79 Å². The number of carbonyl (C=O) groups is 1. The first-order valence-electron chi connectivity index (χ1n) is 9.10. The summed E-state index contributed by atoms with van der Waals surface area (Å²) in [5, 5.41) is 15.1. The first kappa shape index (κ1) is 18.6. The Hall–Kier alpha value is -2.74. The zero-order valence-electron chi connectivity index (χ0n) is 15.6. The number of tetrazole rings is 1. The molecule has 3 aromatic rings. The molecule has 1 aliphatic carbocycles. The maximum atomic E-state index is 13.4. The monoisotopic (exact) mass is 397 g/mol. The Labute approximate surface area is 166 Å². The van der Waals surface area contributed by atoms with Gasteiger partial charge in [0.2, 0.25) is 11.1 Å². The average Bonchev–Trinajstić information content (AvgIpc) is 3.36. The quantitative estimate of drug-likeness (QED) is 0.644. The summed E-state index contributed by atoms with van der Waals surface area (Å²) in [6.45, 7) is 3.99. The third-order valence-corrected chi connectivity index (χ3v) is 5.84. The molecule has 1 aliphatic rings. The number of nitrogens with zero attached hydrogens (tertiary/aromatic N) is 4. The van der Waals surface area contributed by atoms with Crippen molar-refractivity contribution in [3.63, 3.8) is 0 Å². The van der Waals surface area contributed by atoms with Gasteiger partial charge >= 0.3 is 0 Å². The molecular formula is C20H20FN5OS. The number of para-hydroxylation sites is 1. The predicted molar refractivity (Wildman–Crippen MR) is 105 cm³/mol. The maximum Gasteiger partial charge on any atom is 0.238 e. The van der Waals surface area contributed by atoms with Crippen LogP contribution in [-0.4, -0.2) is 32.2 Å². The minimum Gasteiger partial charge on any atom is -0.352 e. The fourth-order valence-electron chi connectivity index (χ4n) is 3.05. The molecule has 8 heteroatoms. The highest BCUT2D eigenvalue weighted by molar-refractivity contribution is 8.00. The van der Waals surface area contributed by atoms with Gasteiger partial charge in [0, 0.05) is 6.04 Å². The van der Waals surface area contributed by atoms with E-state index in [-0.39, 0.29) is 17.8 Å². The van der Waals surface area contributed by atoms with Crippen LogP contribution in [0.25, 0.3) is 5.69 Å². The average molecular weight is 397 g/mol. The predicted octanol–water partition coefficient (Wildman–Crippen LogP) is 3.53. The molecule has 28 heavy (non-hydrogen) atoms. The molecule has 144 valence electrons. The molecule has 1 saturated carbocycles. The second-order valence-electron chi connectivity index (χ2n) is 6.95. The molecule has 1 atom stereocenters. The molecule has 6 nitrogen and oxygen atoms in total. The minimum absolute atomic E-state index is 0.116. The van der Waals surface area contributed by atoms with Gasteiger partial charge in [-0.25, -0.2) is 4.39 Å². The van der Waals surface area contributed by atoms with E-state index in [1.54, 1.807) is 16.8 Å². The Morgan fingerprint density at radius 1 is 1.18 bits per heavy atom. The van der Waals surface area contributed by atoms with Gasteiger partial charge in [-0.1, -0.05) is 42.1 Å². The standard InChI is InChI=1S/C20H20FN5OS/c1-12-4-3-5-13(2)17(12)26-20(23-24-25-26)28-18(19(27)22-16-10-11-16)14-6-8-15(21)9-7-14/h3-9,16,18H,10-11H2,1-2H3,(H,22,27)/t18-/m1/s1. The topological polar surface area (TPSA) is 72.7 Å². The Morgan fingerprint density at radius 2 is 1.86 bits per heavy atom. The molecule has 1 N–H and O–H groups in total. The van der Waals surface area contributed by atoms with Crippen LogP contribution in [0.3, 0.4) is 0 Å². The van der Waals surface area contributed by atoms with Crippen molar-refractivity contribution in [2.24, 2.45) is 0 Å². The third kappa shape index (κ3) is 3.91. The number of halogens is 1. The van der Waals surface area contributed by atoms with Crippen molar-refractivity contribution in [3.8, 4) is 5.69 Å². The van der Waals surface area contributed by atoms with E-state index in [2.05, 4.69) is 20.8 Å². The van der Waals surface area contributed by atoms with Gasteiger partial charge in [-0.05, 0) is 65.9 Å². The molecule has 1 heterocycles. The first-order chi connectivity index (χ1) is 13.5. The highest BCUT2D eigenvalue weighted by Gasteiger charge is 2.31. The van der Waals surface area contributed by atoms with E-state index in [0.717, 1.165) is 29.7 Å². The normalized spacial score (nSPS) is 14.7. The van der Waals surface area contributed by atoms with Crippen LogP contribution in [0.2, 0.25) is 0 Å². The summed E-state index contributed by atoms with van der Waals surface area (Å²) < 4.78 is 15.0. The summed E-state index contributed by atoms with van der Waals surface area (Å²) >= 11 is 1.26. The van der Waals surface area contributed by atoms with Crippen molar-refractivity contribution in [2.45, 2.75) is 43.1 Å². The van der Waals surface area contributed by atoms with Gasteiger partial charge in [0.05, 0.1) is 5.69 Å². The fourth-order valence-corrected chi connectivity index (χ4v) is 4.04. The number of hydrogen-bond acceptors (Lipinski definition) is 5. The van der Waals surface area contributed by atoms with E-state index < -0.39 is 5.25 Å². The van der Waals surface area contributed by atoms with Crippen LogP contribution < -0.4 is 5.32 Å². The van der Waals surface area contributed by atoms with Crippen molar-refractivity contribution in [1.82, 2.24) is 25.5 Å². The minimum atomic E-state index is -0.574. The fraction of sp³-hybridized carbons (Fsp3) is 0.300. The van der Waals surface area contributed by atoms with Crippen LogP contribution in [0.4, 0.5) is 4.39 Å². The van der Waals surface area contributed by atoms with Gasteiger partial charge in [-0.2, -0.15) is 4.68 Å². The SMILES string of the molecule is Cc1cccc(C)c1-n1nnnc1S[C@@H](C(=O)NC1CC1)c1ccc(F)cc1. The second-order valence-corrected chi connectivity index (χ2v) is 8.02. The van der Waals surface area contributed by atoms with E-state index in [0.29, 0.717) is 10.7 Å². The second kappa shape index (κ2) is 7.71.